The van der Waals surface area contributed by atoms with E-state index in [1.807, 2.05) is 0 Å². The minimum Gasteiger partial charge on any atom is -0.307 e. The average molecular weight is 336 g/mol. The lowest BCUT2D eigenvalue weighted by Crippen LogP contribution is -2.38. The fourth-order valence-corrected chi connectivity index (χ4v) is 4.77. The largest absolute Gasteiger partial charge is 0.307 e. The SMILES string of the molecule is Clc1sc(CNC2CCN3CCCC23)cc1Br. The van der Waals surface area contributed by atoms with E-state index < -0.39 is 0 Å². The molecule has 0 radical (unpaired) electrons. The second-order valence-corrected chi connectivity index (χ2v) is 7.45. The summed E-state index contributed by atoms with van der Waals surface area (Å²) in [6, 6.07) is 3.59. The maximum Gasteiger partial charge on any atom is 0.107 e. The molecule has 3 heterocycles. The van der Waals surface area contributed by atoms with E-state index in [0.29, 0.717) is 6.04 Å². The number of halogens is 2. The van der Waals surface area contributed by atoms with Crippen LogP contribution in [0.2, 0.25) is 4.34 Å². The zero-order valence-electron chi connectivity index (χ0n) is 9.59. The average Bonchev–Trinajstić information content (AvgIpc) is 2.94. The van der Waals surface area contributed by atoms with E-state index in [1.165, 1.54) is 37.2 Å². The molecule has 0 spiro atoms. The molecular formula is C12H16BrClN2S. The van der Waals surface area contributed by atoms with Crippen molar-refractivity contribution in [1.82, 2.24) is 10.2 Å². The van der Waals surface area contributed by atoms with E-state index in [2.05, 4.69) is 32.2 Å². The molecule has 0 bridgehead atoms. The normalized spacial score (nSPS) is 28.8. The number of nitrogens with zero attached hydrogens (tertiary/aromatic N) is 1. The minimum absolute atomic E-state index is 0.678. The lowest BCUT2D eigenvalue weighted by molar-refractivity contribution is 0.299. The Kier molecular flexibility index (Phi) is 3.78. The van der Waals surface area contributed by atoms with Crippen LogP contribution in [0, 0.1) is 0 Å². The quantitative estimate of drug-likeness (QED) is 0.909. The summed E-state index contributed by atoms with van der Waals surface area (Å²) in [6.45, 7) is 3.53. The standard InChI is InChI=1S/C12H16BrClN2S/c13-9-6-8(17-12(9)14)7-15-10-3-5-16-4-1-2-11(10)16/h6,10-11,15H,1-5,7H2. The van der Waals surface area contributed by atoms with Gasteiger partial charge in [-0.25, -0.2) is 0 Å². The van der Waals surface area contributed by atoms with E-state index in [9.17, 15) is 0 Å². The van der Waals surface area contributed by atoms with Crippen molar-refractivity contribution >= 4 is 38.9 Å². The third-order valence-electron chi connectivity index (χ3n) is 3.84. The first kappa shape index (κ1) is 12.4. The lowest BCUT2D eigenvalue weighted by atomic mass is 10.1. The molecule has 2 fully saturated rings. The van der Waals surface area contributed by atoms with E-state index in [-0.39, 0.29) is 0 Å². The molecule has 0 aromatic carbocycles. The summed E-state index contributed by atoms with van der Waals surface area (Å²) in [5, 5.41) is 3.70. The molecule has 17 heavy (non-hydrogen) atoms. The molecule has 5 heteroatoms. The van der Waals surface area contributed by atoms with Crippen molar-refractivity contribution in [3.8, 4) is 0 Å². The number of thiophene rings is 1. The van der Waals surface area contributed by atoms with Gasteiger partial charge in [0.2, 0.25) is 0 Å². The van der Waals surface area contributed by atoms with Crippen molar-refractivity contribution in [2.45, 2.75) is 37.9 Å². The molecule has 2 nitrogen and oxygen atoms in total. The summed E-state index contributed by atoms with van der Waals surface area (Å²) in [5.41, 5.74) is 0. The van der Waals surface area contributed by atoms with E-state index >= 15 is 0 Å². The zero-order chi connectivity index (χ0) is 11.8. The van der Waals surface area contributed by atoms with Crippen LogP contribution in [0.5, 0.6) is 0 Å². The Morgan fingerprint density at radius 2 is 2.35 bits per heavy atom. The van der Waals surface area contributed by atoms with Crippen LogP contribution in [0.15, 0.2) is 10.5 Å². The van der Waals surface area contributed by atoms with Gasteiger partial charge in [0.25, 0.3) is 0 Å². The molecule has 2 aliphatic heterocycles. The summed E-state index contributed by atoms with van der Waals surface area (Å²) in [7, 11) is 0. The number of rotatable bonds is 3. The van der Waals surface area contributed by atoms with Gasteiger partial charge in [-0.05, 0) is 47.8 Å². The summed E-state index contributed by atoms with van der Waals surface area (Å²) in [5.74, 6) is 0. The Morgan fingerprint density at radius 3 is 3.12 bits per heavy atom. The van der Waals surface area contributed by atoms with Gasteiger partial charge in [0.05, 0.1) is 0 Å². The predicted molar refractivity (Wildman–Crippen MR) is 76.9 cm³/mol. The molecule has 94 valence electrons. The first-order valence-corrected chi connectivity index (χ1v) is 8.14. The number of hydrogen-bond donors (Lipinski definition) is 1. The first-order valence-electron chi connectivity index (χ1n) is 6.15. The van der Waals surface area contributed by atoms with Crippen molar-refractivity contribution in [2.75, 3.05) is 13.1 Å². The second-order valence-electron chi connectivity index (χ2n) is 4.86. The van der Waals surface area contributed by atoms with Crippen LogP contribution in [0.1, 0.15) is 24.1 Å². The second kappa shape index (κ2) is 5.17. The number of nitrogens with one attached hydrogen (secondary N) is 1. The first-order chi connectivity index (χ1) is 8.24. The van der Waals surface area contributed by atoms with Gasteiger partial charge < -0.3 is 5.32 Å². The molecule has 0 saturated carbocycles. The maximum atomic E-state index is 6.05. The van der Waals surface area contributed by atoms with Gasteiger partial charge in [-0.2, -0.15) is 0 Å². The summed E-state index contributed by atoms with van der Waals surface area (Å²) in [4.78, 5) is 3.95. The fraction of sp³-hybridized carbons (Fsp3) is 0.667. The van der Waals surface area contributed by atoms with E-state index in [4.69, 9.17) is 11.6 Å². The van der Waals surface area contributed by atoms with Crippen LogP contribution in [0.4, 0.5) is 0 Å². The van der Waals surface area contributed by atoms with Gasteiger partial charge in [0.1, 0.15) is 4.34 Å². The van der Waals surface area contributed by atoms with Crippen molar-refractivity contribution in [1.29, 1.82) is 0 Å². The molecule has 2 aliphatic rings. The Morgan fingerprint density at radius 1 is 1.47 bits per heavy atom. The lowest BCUT2D eigenvalue weighted by Gasteiger charge is -2.20. The topological polar surface area (TPSA) is 15.3 Å². The van der Waals surface area contributed by atoms with Gasteiger partial charge in [-0.1, -0.05) is 11.6 Å². The van der Waals surface area contributed by atoms with Gasteiger partial charge in [0.15, 0.2) is 0 Å². The van der Waals surface area contributed by atoms with Crippen molar-refractivity contribution in [2.24, 2.45) is 0 Å². The Hall–Kier alpha value is 0.390. The number of hydrogen-bond acceptors (Lipinski definition) is 3. The molecular weight excluding hydrogens is 320 g/mol. The highest BCUT2D eigenvalue weighted by atomic mass is 79.9. The van der Waals surface area contributed by atoms with Crippen molar-refractivity contribution < 1.29 is 0 Å². The summed E-state index contributed by atoms with van der Waals surface area (Å²) >= 11 is 11.2. The Labute approximate surface area is 119 Å². The molecule has 3 rings (SSSR count). The number of fused-ring (bicyclic) bond motifs is 1. The molecule has 1 aromatic heterocycles. The highest BCUT2D eigenvalue weighted by Crippen LogP contribution is 2.33. The third kappa shape index (κ3) is 2.56. The smallest absolute Gasteiger partial charge is 0.107 e. The molecule has 1 N–H and O–H groups in total. The Bertz CT molecular complexity index is 390. The van der Waals surface area contributed by atoms with Gasteiger partial charge in [-0.15, -0.1) is 11.3 Å². The van der Waals surface area contributed by atoms with Crippen LogP contribution in [-0.2, 0) is 6.54 Å². The van der Waals surface area contributed by atoms with Crippen molar-refractivity contribution in [3.63, 3.8) is 0 Å². The highest BCUT2D eigenvalue weighted by Gasteiger charge is 2.36. The third-order valence-corrected chi connectivity index (χ3v) is 6.32. The van der Waals surface area contributed by atoms with Gasteiger partial charge in [-0.3, -0.25) is 4.90 Å². The summed E-state index contributed by atoms with van der Waals surface area (Å²) in [6.07, 6.45) is 4.04. The van der Waals surface area contributed by atoms with Crippen LogP contribution in [0.25, 0.3) is 0 Å². The molecule has 0 aliphatic carbocycles. The van der Waals surface area contributed by atoms with Crippen LogP contribution >= 0.6 is 38.9 Å². The van der Waals surface area contributed by atoms with Crippen LogP contribution < -0.4 is 5.32 Å². The van der Waals surface area contributed by atoms with Crippen LogP contribution in [0.3, 0.4) is 0 Å². The summed E-state index contributed by atoms with van der Waals surface area (Å²) < 4.78 is 1.88. The van der Waals surface area contributed by atoms with E-state index in [0.717, 1.165) is 21.4 Å². The molecule has 0 amide bonds. The monoisotopic (exact) mass is 334 g/mol. The zero-order valence-corrected chi connectivity index (χ0v) is 12.7. The fourth-order valence-electron chi connectivity index (χ4n) is 3.03. The molecule has 1 aromatic rings. The Balaban J connectivity index is 1.57. The van der Waals surface area contributed by atoms with Crippen molar-refractivity contribution in [3.05, 3.63) is 19.8 Å². The minimum atomic E-state index is 0.678. The van der Waals surface area contributed by atoms with Gasteiger partial charge >= 0.3 is 0 Å². The van der Waals surface area contributed by atoms with E-state index in [1.54, 1.807) is 11.3 Å². The molecule has 2 atom stereocenters. The maximum absolute atomic E-state index is 6.05. The predicted octanol–water partition coefficient (Wildman–Crippen LogP) is 3.49. The highest BCUT2D eigenvalue weighted by molar-refractivity contribution is 9.10. The molecule has 2 unspecified atom stereocenters. The van der Waals surface area contributed by atoms with Crippen LogP contribution in [-0.4, -0.2) is 30.1 Å². The molecule has 2 saturated heterocycles. The van der Waals surface area contributed by atoms with Gasteiger partial charge in [0, 0.05) is 34.5 Å².